The van der Waals surface area contributed by atoms with E-state index in [0.29, 0.717) is 19.3 Å². The molecule has 0 aromatic rings. The molecule has 0 aliphatic heterocycles. The van der Waals surface area contributed by atoms with Crippen molar-refractivity contribution in [3.63, 3.8) is 0 Å². The van der Waals surface area contributed by atoms with Crippen LogP contribution in [0.5, 0.6) is 0 Å². The van der Waals surface area contributed by atoms with E-state index in [1.165, 1.54) is 0 Å². The van der Waals surface area contributed by atoms with Crippen molar-refractivity contribution >= 4 is 11.6 Å². The number of carbonyl (C=O) groups excluding carboxylic acids is 2. The van der Waals surface area contributed by atoms with Gasteiger partial charge in [-0.2, -0.15) is 0 Å². The maximum atomic E-state index is 11.8. The van der Waals surface area contributed by atoms with E-state index in [2.05, 4.69) is 0 Å². The molecule has 0 bridgehead atoms. The van der Waals surface area contributed by atoms with Gasteiger partial charge in [0.15, 0.2) is 0 Å². The minimum Gasteiger partial charge on any atom is -0.380 e. The second-order valence-electron chi connectivity index (χ2n) is 4.29. The third-order valence-corrected chi connectivity index (χ3v) is 3.70. The first-order valence-electron chi connectivity index (χ1n) is 5.31. The van der Waals surface area contributed by atoms with Crippen molar-refractivity contribution in [2.75, 3.05) is 7.11 Å². The van der Waals surface area contributed by atoms with Crippen LogP contribution in [0.25, 0.3) is 0 Å². The highest BCUT2D eigenvalue weighted by Crippen LogP contribution is 2.45. The van der Waals surface area contributed by atoms with E-state index in [4.69, 9.17) is 4.74 Å². The van der Waals surface area contributed by atoms with Gasteiger partial charge in [-0.05, 0) is 12.8 Å². The van der Waals surface area contributed by atoms with Crippen LogP contribution < -0.4 is 0 Å². The van der Waals surface area contributed by atoms with Crippen LogP contribution in [0, 0.1) is 5.41 Å². The summed E-state index contributed by atoms with van der Waals surface area (Å²) in [6.45, 7) is 0. The van der Waals surface area contributed by atoms with Gasteiger partial charge in [0.1, 0.15) is 17.0 Å². The topological polar surface area (TPSA) is 43.4 Å². The van der Waals surface area contributed by atoms with Crippen molar-refractivity contribution < 1.29 is 14.3 Å². The summed E-state index contributed by atoms with van der Waals surface area (Å²) in [5, 5.41) is 0. The van der Waals surface area contributed by atoms with Crippen LogP contribution in [0.3, 0.4) is 0 Å². The Morgan fingerprint density at radius 2 is 1.86 bits per heavy atom. The summed E-state index contributed by atoms with van der Waals surface area (Å²) in [7, 11) is 1.61. The van der Waals surface area contributed by atoms with Gasteiger partial charge in [-0.1, -0.05) is 12.8 Å². The number of hydrogen-bond acceptors (Lipinski definition) is 3. The number of Topliss-reactive ketones (excluding diaryl/α,β-unsaturated/α-hetero) is 2. The fraction of sp³-hybridized carbons (Fsp3) is 0.818. The molecule has 1 unspecified atom stereocenters. The summed E-state index contributed by atoms with van der Waals surface area (Å²) in [4.78, 5) is 23.7. The molecular formula is C11H16O3. The third-order valence-electron chi connectivity index (χ3n) is 3.70. The molecule has 0 saturated heterocycles. The first-order valence-corrected chi connectivity index (χ1v) is 5.31. The second-order valence-corrected chi connectivity index (χ2v) is 4.29. The van der Waals surface area contributed by atoms with Gasteiger partial charge in [-0.3, -0.25) is 9.59 Å². The standard InChI is InChI=1S/C11H16O3/c1-14-10-4-2-3-7-11(10)8(12)5-6-9(11)13/h10H,2-7H2,1H3. The molecule has 2 saturated carbocycles. The van der Waals surface area contributed by atoms with E-state index in [0.717, 1.165) is 19.3 Å². The summed E-state index contributed by atoms with van der Waals surface area (Å²) in [5.74, 6) is 0.239. The molecule has 1 atom stereocenters. The van der Waals surface area contributed by atoms with Crippen LogP contribution >= 0.6 is 0 Å². The van der Waals surface area contributed by atoms with Gasteiger partial charge in [-0.15, -0.1) is 0 Å². The predicted molar refractivity (Wildman–Crippen MR) is 50.9 cm³/mol. The van der Waals surface area contributed by atoms with Gasteiger partial charge < -0.3 is 4.74 Å². The lowest BCUT2D eigenvalue weighted by Crippen LogP contribution is -2.47. The van der Waals surface area contributed by atoms with E-state index in [-0.39, 0.29) is 17.7 Å². The Bertz CT molecular complexity index is 254. The lowest BCUT2D eigenvalue weighted by molar-refractivity contribution is -0.148. The summed E-state index contributed by atoms with van der Waals surface area (Å²) >= 11 is 0. The Hall–Kier alpha value is -0.700. The van der Waals surface area contributed by atoms with Gasteiger partial charge in [-0.25, -0.2) is 0 Å². The highest BCUT2D eigenvalue weighted by atomic mass is 16.5. The number of ether oxygens (including phenoxy) is 1. The molecule has 0 aromatic carbocycles. The van der Waals surface area contributed by atoms with E-state index in [1.807, 2.05) is 0 Å². The monoisotopic (exact) mass is 196 g/mol. The molecule has 14 heavy (non-hydrogen) atoms. The number of carbonyl (C=O) groups is 2. The van der Waals surface area contributed by atoms with Gasteiger partial charge in [0.25, 0.3) is 0 Å². The van der Waals surface area contributed by atoms with E-state index in [1.54, 1.807) is 7.11 Å². The lowest BCUT2D eigenvalue weighted by atomic mass is 9.69. The number of hydrogen-bond donors (Lipinski definition) is 0. The van der Waals surface area contributed by atoms with E-state index >= 15 is 0 Å². The fourth-order valence-electron chi connectivity index (χ4n) is 2.93. The maximum absolute atomic E-state index is 11.8. The summed E-state index contributed by atoms with van der Waals surface area (Å²) in [5.41, 5.74) is -0.743. The highest BCUT2D eigenvalue weighted by molar-refractivity contribution is 6.13. The zero-order valence-corrected chi connectivity index (χ0v) is 8.54. The molecule has 2 aliphatic rings. The molecule has 0 heterocycles. The molecule has 78 valence electrons. The molecule has 3 nitrogen and oxygen atoms in total. The van der Waals surface area contributed by atoms with Crippen LogP contribution in [0.2, 0.25) is 0 Å². The van der Waals surface area contributed by atoms with E-state index < -0.39 is 5.41 Å². The van der Waals surface area contributed by atoms with Crippen LogP contribution in [-0.2, 0) is 14.3 Å². The van der Waals surface area contributed by atoms with Crippen LogP contribution in [0.15, 0.2) is 0 Å². The van der Waals surface area contributed by atoms with Gasteiger partial charge in [0.2, 0.25) is 0 Å². The minimum atomic E-state index is -0.743. The smallest absolute Gasteiger partial charge is 0.149 e. The summed E-state index contributed by atoms with van der Waals surface area (Å²) in [6, 6.07) is 0. The normalized spacial score (nSPS) is 31.4. The van der Waals surface area contributed by atoms with E-state index in [9.17, 15) is 9.59 Å². The van der Waals surface area contributed by atoms with Crippen molar-refractivity contribution in [1.82, 2.24) is 0 Å². The molecule has 1 spiro atoms. The summed E-state index contributed by atoms with van der Waals surface area (Å²) < 4.78 is 5.33. The molecule has 0 amide bonds. The molecule has 0 aromatic heterocycles. The van der Waals surface area contributed by atoms with Crippen molar-refractivity contribution in [3.05, 3.63) is 0 Å². The van der Waals surface area contributed by atoms with Gasteiger partial charge in [0.05, 0.1) is 6.10 Å². The van der Waals surface area contributed by atoms with Crippen molar-refractivity contribution in [3.8, 4) is 0 Å². The second kappa shape index (κ2) is 3.46. The Balaban J connectivity index is 2.33. The van der Waals surface area contributed by atoms with Gasteiger partial charge >= 0.3 is 0 Å². The van der Waals surface area contributed by atoms with Crippen LogP contribution in [-0.4, -0.2) is 24.8 Å². The molecule has 2 rings (SSSR count). The lowest BCUT2D eigenvalue weighted by Gasteiger charge is -2.37. The Labute approximate surface area is 83.8 Å². The molecule has 0 radical (unpaired) electrons. The van der Waals surface area contributed by atoms with Crippen LogP contribution in [0.1, 0.15) is 38.5 Å². The van der Waals surface area contributed by atoms with Crippen molar-refractivity contribution in [2.45, 2.75) is 44.6 Å². The largest absolute Gasteiger partial charge is 0.380 e. The zero-order valence-electron chi connectivity index (χ0n) is 8.54. The first-order chi connectivity index (χ1) is 6.71. The molecule has 0 N–H and O–H groups in total. The highest BCUT2D eigenvalue weighted by Gasteiger charge is 2.55. The Morgan fingerprint density at radius 3 is 2.43 bits per heavy atom. The predicted octanol–water partition coefficient (Wildman–Crippen LogP) is 1.49. The van der Waals surface area contributed by atoms with Gasteiger partial charge in [0, 0.05) is 20.0 Å². The Kier molecular flexibility index (Phi) is 2.43. The first kappa shape index (κ1) is 9.84. The zero-order chi connectivity index (χ0) is 10.2. The Morgan fingerprint density at radius 1 is 1.21 bits per heavy atom. The SMILES string of the molecule is COC1CCCCC12C(=O)CCC2=O. The van der Waals surface area contributed by atoms with Crippen molar-refractivity contribution in [2.24, 2.45) is 5.41 Å². The molecular weight excluding hydrogens is 180 g/mol. The minimum absolute atomic E-state index is 0.119. The molecule has 2 fully saturated rings. The average Bonchev–Trinajstić information content (AvgIpc) is 2.48. The number of rotatable bonds is 1. The average molecular weight is 196 g/mol. The third kappa shape index (κ3) is 1.15. The number of methoxy groups -OCH3 is 1. The maximum Gasteiger partial charge on any atom is 0.149 e. The number of ketones is 2. The summed E-state index contributed by atoms with van der Waals surface area (Å²) in [6.07, 6.45) is 4.32. The quantitative estimate of drug-likeness (QED) is 0.597. The molecule has 2 aliphatic carbocycles. The van der Waals surface area contributed by atoms with Crippen molar-refractivity contribution in [1.29, 1.82) is 0 Å². The van der Waals surface area contributed by atoms with Crippen LogP contribution in [0.4, 0.5) is 0 Å². The molecule has 3 heteroatoms. The fourth-order valence-corrected chi connectivity index (χ4v) is 2.93.